The highest BCUT2D eigenvalue weighted by Crippen LogP contribution is 2.32. The highest BCUT2D eigenvalue weighted by molar-refractivity contribution is 7.98. The Labute approximate surface area is 172 Å². The van der Waals surface area contributed by atoms with Crippen molar-refractivity contribution >= 4 is 39.1 Å². The lowest BCUT2D eigenvalue weighted by atomic mass is 10.1. The van der Waals surface area contributed by atoms with Crippen molar-refractivity contribution in [3.05, 3.63) is 40.3 Å². The molecule has 1 aromatic carbocycles. The van der Waals surface area contributed by atoms with Crippen molar-refractivity contribution in [2.75, 3.05) is 12.8 Å². The number of nitrogens with one attached hydrogen (secondary N) is 1. The van der Waals surface area contributed by atoms with Gasteiger partial charge in [0.15, 0.2) is 5.16 Å². The summed E-state index contributed by atoms with van der Waals surface area (Å²) in [6, 6.07) is 4.95. The largest absolute Gasteiger partial charge is 0.351 e. The molecule has 0 saturated heterocycles. The Hall–Kier alpha value is -1.93. The topological polar surface area (TPSA) is 59.8 Å². The van der Waals surface area contributed by atoms with Crippen molar-refractivity contribution in [2.24, 2.45) is 5.92 Å². The Bertz CT molecular complexity index is 980. The number of amides is 1. The normalized spacial score (nSPS) is 11.5. The zero-order valence-corrected chi connectivity index (χ0v) is 18.2. The molecule has 0 bridgehead atoms. The zero-order chi connectivity index (χ0) is 20.3. The van der Waals surface area contributed by atoms with Crippen LogP contribution in [0, 0.1) is 18.7 Å². The predicted octanol–water partition coefficient (Wildman–Crippen LogP) is 4.68. The minimum Gasteiger partial charge on any atom is -0.351 e. The Morgan fingerprint density at radius 3 is 2.82 bits per heavy atom. The van der Waals surface area contributed by atoms with Gasteiger partial charge in [0.25, 0.3) is 5.91 Å². The average Bonchev–Trinajstić information content (AvgIpc) is 3.19. The Kier molecular flexibility index (Phi) is 6.72. The molecule has 0 spiro atoms. The van der Waals surface area contributed by atoms with Crippen molar-refractivity contribution < 1.29 is 9.18 Å². The molecule has 3 aromatic rings. The molecule has 1 N–H and O–H groups in total. The summed E-state index contributed by atoms with van der Waals surface area (Å²) in [5.74, 6) is 1.04. The first kappa shape index (κ1) is 20.8. The van der Waals surface area contributed by atoms with Gasteiger partial charge in [-0.3, -0.25) is 4.79 Å². The number of hydrogen-bond donors (Lipinski definition) is 1. The Balaban J connectivity index is 1.60. The van der Waals surface area contributed by atoms with E-state index in [0.717, 1.165) is 35.1 Å². The van der Waals surface area contributed by atoms with Crippen LogP contribution in [0.1, 0.15) is 41.3 Å². The number of thiophene rings is 1. The average molecular weight is 421 g/mol. The van der Waals surface area contributed by atoms with Crippen LogP contribution in [0.3, 0.4) is 0 Å². The number of hydrogen-bond acceptors (Lipinski definition) is 5. The highest BCUT2D eigenvalue weighted by Gasteiger charge is 2.18. The van der Waals surface area contributed by atoms with Crippen molar-refractivity contribution in [1.29, 1.82) is 0 Å². The lowest BCUT2D eigenvalue weighted by molar-refractivity contribution is 0.0956. The van der Waals surface area contributed by atoms with E-state index in [0.29, 0.717) is 28.3 Å². The molecule has 0 saturated carbocycles. The third kappa shape index (κ3) is 4.38. The standard InChI is InChI=1S/C20H25FN4OS2/c1-12(2)11-25-16(23-24-20(25)27-4)9-6-10-22-19(26)18-13(3)17-14(21)7-5-8-15(17)28-18/h5,7-8,12H,6,9-11H2,1-4H3,(H,22,26). The van der Waals surface area contributed by atoms with E-state index in [2.05, 4.69) is 33.9 Å². The van der Waals surface area contributed by atoms with Gasteiger partial charge in [-0.05, 0) is 43.2 Å². The van der Waals surface area contributed by atoms with Crippen LogP contribution in [0.15, 0.2) is 23.4 Å². The number of aryl methyl sites for hydroxylation is 2. The molecule has 2 heterocycles. The van der Waals surface area contributed by atoms with Gasteiger partial charge in [0.1, 0.15) is 11.6 Å². The second-order valence-corrected chi connectivity index (χ2v) is 8.96. The lowest BCUT2D eigenvalue weighted by Gasteiger charge is -2.11. The molecule has 0 unspecified atom stereocenters. The second-order valence-electron chi connectivity index (χ2n) is 7.14. The van der Waals surface area contributed by atoms with Crippen molar-refractivity contribution in [1.82, 2.24) is 20.1 Å². The van der Waals surface area contributed by atoms with Gasteiger partial charge < -0.3 is 9.88 Å². The minimum atomic E-state index is -0.278. The van der Waals surface area contributed by atoms with Crippen LogP contribution in [0.5, 0.6) is 0 Å². The van der Waals surface area contributed by atoms with Crippen molar-refractivity contribution in [3.8, 4) is 0 Å². The van der Waals surface area contributed by atoms with E-state index in [4.69, 9.17) is 0 Å². The van der Waals surface area contributed by atoms with Crippen LogP contribution >= 0.6 is 23.1 Å². The Morgan fingerprint density at radius 2 is 2.14 bits per heavy atom. The van der Waals surface area contributed by atoms with Crippen LogP contribution in [0.4, 0.5) is 4.39 Å². The number of rotatable bonds is 8. The fourth-order valence-electron chi connectivity index (χ4n) is 3.20. The van der Waals surface area contributed by atoms with E-state index >= 15 is 0 Å². The summed E-state index contributed by atoms with van der Waals surface area (Å²) in [5.41, 5.74) is 0.705. The van der Waals surface area contributed by atoms with Crippen molar-refractivity contribution in [2.45, 2.75) is 45.3 Å². The number of aromatic nitrogens is 3. The number of carbonyl (C=O) groups is 1. The first-order chi connectivity index (χ1) is 13.4. The molecule has 3 rings (SSSR count). The fourth-order valence-corrected chi connectivity index (χ4v) is 4.86. The first-order valence-electron chi connectivity index (χ1n) is 9.34. The van der Waals surface area contributed by atoms with E-state index in [1.807, 2.05) is 12.3 Å². The number of nitrogens with zero attached hydrogens (tertiary/aromatic N) is 3. The summed E-state index contributed by atoms with van der Waals surface area (Å²) in [5, 5.41) is 13.0. The smallest absolute Gasteiger partial charge is 0.261 e. The van der Waals surface area contributed by atoms with E-state index in [1.54, 1.807) is 24.8 Å². The highest BCUT2D eigenvalue weighted by atomic mass is 32.2. The van der Waals surface area contributed by atoms with E-state index in [-0.39, 0.29) is 11.7 Å². The van der Waals surface area contributed by atoms with E-state index < -0.39 is 0 Å². The molecule has 0 radical (unpaired) electrons. The lowest BCUT2D eigenvalue weighted by Crippen LogP contribution is -2.24. The Morgan fingerprint density at radius 1 is 1.36 bits per heavy atom. The van der Waals surface area contributed by atoms with Gasteiger partial charge in [-0.25, -0.2) is 4.39 Å². The molecular formula is C20H25FN4OS2. The fraction of sp³-hybridized carbons (Fsp3) is 0.450. The summed E-state index contributed by atoms with van der Waals surface area (Å²) in [6.45, 7) is 7.57. The summed E-state index contributed by atoms with van der Waals surface area (Å²) in [4.78, 5) is 13.1. The first-order valence-corrected chi connectivity index (χ1v) is 11.4. The van der Waals surface area contributed by atoms with Gasteiger partial charge in [0.2, 0.25) is 0 Å². The third-order valence-corrected chi connectivity index (χ3v) is 6.42. The maximum atomic E-state index is 14.0. The number of carbonyl (C=O) groups excluding carboxylic acids is 1. The van der Waals surface area contributed by atoms with Gasteiger partial charge in [-0.15, -0.1) is 21.5 Å². The van der Waals surface area contributed by atoms with Gasteiger partial charge in [-0.2, -0.15) is 0 Å². The maximum Gasteiger partial charge on any atom is 0.261 e. The maximum absolute atomic E-state index is 14.0. The molecule has 5 nitrogen and oxygen atoms in total. The summed E-state index contributed by atoms with van der Waals surface area (Å²) < 4.78 is 17.0. The molecule has 1 amide bonds. The van der Waals surface area contributed by atoms with Crippen LogP contribution < -0.4 is 5.32 Å². The summed E-state index contributed by atoms with van der Waals surface area (Å²) in [7, 11) is 0. The molecule has 0 aliphatic rings. The monoisotopic (exact) mass is 420 g/mol. The molecular weight excluding hydrogens is 395 g/mol. The van der Waals surface area contributed by atoms with Crippen molar-refractivity contribution in [3.63, 3.8) is 0 Å². The number of benzene rings is 1. The third-order valence-electron chi connectivity index (χ3n) is 4.50. The number of thioether (sulfide) groups is 1. The summed E-state index contributed by atoms with van der Waals surface area (Å²) in [6.07, 6.45) is 3.52. The second kappa shape index (κ2) is 9.05. The quantitative estimate of drug-likeness (QED) is 0.425. The van der Waals surface area contributed by atoms with E-state index in [1.165, 1.54) is 17.4 Å². The van der Waals surface area contributed by atoms with Gasteiger partial charge in [0.05, 0.1) is 4.88 Å². The van der Waals surface area contributed by atoms with Gasteiger partial charge in [-0.1, -0.05) is 31.7 Å². The number of fused-ring (bicyclic) bond motifs is 1. The van der Waals surface area contributed by atoms with E-state index in [9.17, 15) is 9.18 Å². The molecule has 28 heavy (non-hydrogen) atoms. The molecule has 150 valence electrons. The number of halogens is 1. The summed E-state index contributed by atoms with van der Waals surface area (Å²) >= 11 is 2.93. The SMILES string of the molecule is CSc1nnc(CCCNC(=O)c2sc3cccc(F)c3c2C)n1CC(C)C. The molecule has 2 aromatic heterocycles. The van der Waals surface area contributed by atoms with Crippen LogP contribution in [0.25, 0.3) is 10.1 Å². The van der Waals surface area contributed by atoms with Gasteiger partial charge in [0, 0.05) is 29.6 Å². The van der Waals surface area contributed by atoms with Crippen LogP contribution in [-0.4, -0.2) is 33.5 Å². The molecule has 0 atom stereocenters. The molecule has 0 fully saturated rings. The van der Waals surface area contributed by atoms with Crippen LogP contribution in [0.2, 0.25) is 0 Å². The van der Waals surface area contributed by atoms with Crippen LogP contribution in [-0.2, 0) is 13.0 Å². The molecule has 0 aliphatic carbocycles. The predicted molar refractivity (Wildman–Crippen MR) is 114 cm³/mol. The molecule has 8 heteroatoms. The zero-order valence-electron chi connectivity index (χ0n) is 16.6. The van der Waals surface area contributed by atoms with Gasteiger partial charge >= 0.3 is 0 Å². The minimum absolute atomic E-state index is 0.147. The molecule has 0 aliphatic heterocycles.